The summed E-state index contributed by atoms with van der Waals surface area (Å²) in [7, 11) is 3.35. The topological polar surface area (TPSA) is 21.3 Å². The van der Waals surface area contributed by atoms with Crippen LogP contribution in [0, 0.1) is 5.82 Å². The van der Waals surface area contributed by atoms with Crippen molar-refractivity contribution in [1.82, 2.24) is 5.32 Å². The Kier molecular flexibility index (Phi) is 4.40. The zero-order chi connectivity index (χ0) is 13.8. The summed E-state index contributed by atoms with van der Waals surface area (Å²) in [6.45, 7) is 0. The molecule has 2 aromatic rings. The van der Waals surface area contributed by atoms with E-state index in [4.69, 9.17) is 16.3 Å². The number of benzene rings is 2. The molecule has 1 atom stereocenters. The summed E-state index contributed by atoms with van der Waals surface area (Å²) in [6, 6.07) is 11.9. The lowest BCUT2D eigenvalue weighted by atomic mass is 9.98. The van der Waals surface area contributed by atoms with Crippen molar-refractivity contribution in [2.24, 2.45) is 0 Å². The minimum absolute atomic E-state index is 0.240. The number of halogens is 2. The fraction of sp³-hybridized carbons (Fsp3) is 0.200. The van der Waals surface area contributed by atoms with Gasteiger partial charge in [-0.15, -0.1) is 0 Å². The lowest BCUT2D eigenvalue weighted by Crippen LogP contribution is -2.19. The highest BCUT2D eigenvalue weighted by molar-refractivity contribution is 6.32. The fourth-order valence-electron chi connectivity index (χ4n) is 2.07. The molecule has 2 rings (SSSR count). The molecule has 1 N–H and O–H groups in total. The summed E-state index contributed by atoms with van der Waals surface area (Å²) in [4.78, 5) is 0. The van der Waals surface area contributed by atoms with Crippen molar-refractivity contribution in [3.05, 3.63) is 64.4 Å². The van der Waals surface area contributed by atoms with E-state index in [0.717, 1.165) is 5.56 Å². The first-order chi connectivity index (χ1) is 9.17. The van der Waals surface area contributed by atoms with E-state index in [-0.39, 0.29) is 11.9 Å². The van der Waals surface area contributed by atoms with Crippen LogP contribution in [-0.2, 0) is 0 Å². The molecule has 0 aliphatic carbocycles. The van der Waals surface area contributed by atoms with Gasteiger partial charge in [0.2, 0.25) is 0 Å². The van der Waals surface area contributed by atoms with E-state index in [1.54, 1.807) is 32.4 Å². The van der Waals surface area contributed by atoms with Gasteiger partial charge in [-0.25, -0.2) is 4.39 Å². The summed E-state index contributed by atoms with van der Waals surface area (Å²) in [5, 5.41) is 3.64. The summed E-state index contributed by atoms with van der Waals surface area (Å²) in [5.74, 6) is 0.339. The zero-order valence-electron chi connectivity index (χ0n) is 10.8. The molecular formula is C15H15ClFNO. The Hall–Kier alpha value is -1.58. The second kappa shape index (κ2) is 6.04. The molecule has 0 bridgehead atoms. The van der Waals surface area contributed by atoms with Gasteiger partial charge in [0.1, 0.15) is 11.6 Å². The Labute approximate surface area is 117 Å². The largest absolute Gasteiger partial charge is 0.495 e. The Morgan fingerprint density at radius 3 is 2.58 bits per heavy atom. The quantitative estimate of drug-likeness (QED) is 0.919. The molecule has 2 aromatic carbocycles. The molecule has 100 valence electrons. The van der Waals surface area contributed by atoms with E-state index in [0.29, 0.717) is 16.3 Å². The third kappa shape index (κ3) is 2.88. The smallest absolute Gasteiger partial charge is 0.137 e. The third-order valence-electron chi connectivity index (χ3n) is 3.01. The van der Waals surface area contributed by atoms with Gasteiger partial charge in [-0.3, -0.25) is 0 Å². The van der Waals surface area contributed by atoms with Crippen LogP contribution < -0.4 is 10.1 Å². The normalized spacial score (nSPS) is 12.2. The second-order valence-corrected chi connectivity index (χ2v) is 4.54. The SMILES string of the molecule is CNC(c1ccc(Cl)c(OC)c1)c1ccccc1F. The zero-order valence-corrected chi connectivity index (χ0v) is 11.5. The monoisotopic (exact) mass is 279 g/mol. The summed E-state index contributed by atoms with van der Waals surface area (Å²) in [5.41, 5.74) is 1.49. The van der Waals surface area contributed by atoms with Crippen molar-refractivity contribution in [2.75, 3.05) is 14.2 Å². The molecule has 0 aromatic heterocycles. The molecule has 2 nitrogen and oxygen atoms in total. The molecular weight excluding hydrogens is 265 g/mol. The Morgan fingerprint density at radius 2 is 1.95 bits per heavy atom. The van der Waals surface area contributed by atoms with Crippen LogP contribution in [0.5, 0.6) is 5.75 Å². The first kappa shape index (κ1) is 13.8. The van der Waals surface area contributed by atoms with Gasteiger partial charge in [0.15, 0.2) is 0 Å². The molecule has 0 aliphatic rings. The molecule has 0 fully saturated rings. The van der Waals surface area contributed by atoms with E-state index in [2.05, 4.69) is 5.32 Å². The Bertz CT molecular complexity index is 574. The third-order valence-corrected chi connectivity index (χ3v) is 3.33. The highest BCUT2D eigenvalue weighted by Crippen LogP contribution is 2.31. The summed E-state index contributed by atoms with van der Waals surface area (Å²) in [6.07, 6.45) is 0. The van der Waals surface area contributed by atoms with Crippen molar-refractivity contribution in [1.29, 1.82) is 0 Å². The second-order valence-electron chi connectivity index (χ2n) is 4.14. The highest BCUT2D eigenvalue weighted by atomic mass is 35.5. The van der Waals surface area contributed by atoms with Gasteiger partial charge in [-0.1, -0.05) is 35.9 Å². The standard InChI is InChI=1S/C15H15ClFNO/c1-18-15(11-5-3-4-6-13(11)17)10-7-8-12(16)14(9-10)19-2/h3-9,15,18H,1-2H3. The molecule has 0 spiro atoms. The fourth-order valence-corrected chi connectivity index (χ4v) is 2.26. The van der Waals surface area contributed by atoms with Crippen molar-refractivity contribution >= 4 is 11.6 Å². The molecule has 0 saturated heterocycles. The predicted molar refractivity (Wildman–Crippen MR) is 75.3 cm³/mol. The maximum absolute atomic E-state index is 13.9. The van der Waals surface area contributed by atoms with Gasteiger partial charge < -0.3 is 10.1 Å². The van der Waals surface area contributed by atoms with Gasteiger partial charge >= 0.3 is 0 Å². The number of ether oxygens (including phenoxy) is 1. The average molecular weight is 280 g/mol. The lowest BCUT2D eigenvalue weighted by Gasteiger charge is -2.19. The summed E-state index contributed by atoms with van der Waals surface area (Å²) >= 11 is 6.00. The van der Waals surface area contributed by atoms with Gasteiger partial charge in [0, 0.05) is 5.56 Å². The van der Waals surface area contributed by atoms with Crippen LogP contribution in [-0.4, -0.2) is 14.2 Å². The van der Waals surface area contributed by atoms with Gasteiger partial charge in [-0.05, 0) is 30.8 Å². The van der Waals surface area contributed by atoms with Gasteiger partial charge in [-0.2, -0.15) is 0 Å². The number of hydrogen-bond donors (Lipinski definition) is 1. The first-order valence-electron chi connectivity index (χ1n) is 5.92. The number of methoxy groups -OCH3 is 1. The Morgan fingerprint density at radius 1 is 1.21 bits per heavy atom. The molecule has 19 heavy (non-hydrogen) atoms. The van der Waals surface area contributed by atoms with Crippen LogP contribution in [0.4, 0.5) is 4.39 Å². The van der Waals surface area contributed by atoms with Gasteiger partial charge in [0.25, 0.3) is 0 Å². The highest BCUT2D eigenvalue weighted by Gasteiger charge is 2.17. The molecule has 4 heteroatoms. The maximum atomic E-state index is 13.9. The molecule has 0 radical (unpaired) electrons. The first-order valence-corrected chi connectivity index (χ1v) is 6.30. The van der Waals surface area contributed by atoms with E-state index < -0.39 is 0 Å². The number of nitrogens with one attached hydrogen (secondary N) is 1. The Balaban J connectivity index is 2.45. The lowest BCUT2D eigenvalue weighted by molar-refractivity contribution is 0.414. The van der Waals surface area contributed by atoms with Crippen LogP contribution in [0.2, 0.25) is 5.02 Å². The summed E-state index contributed by atoms with van der Waals surface area (Å²) < 4.78 is 19.1. The molecule has 0 amide bonds. The van der Waals surface area contributed by atoms with E-state index >= 15 is 0 Å². The molecule has 0 heterocycles. The van der Waals surface area contributed by atoms with E-state index in [1.807, 2.05) is 18.2 Å². The average Bonchev–Trinajstić information content (AvgIpc) is 2.43. The molecule has 1 unspecified atom stereocenters. The van der Waals surface area contributed by atoms with Crippen LogP contribution in [0.1, 0.15) is 17.2 Å². The van der Waals surface area contributed by atoms with Crippen LogP contribution >= 0.6 is 11.6 Å². The van der Waals surface area contributed by atoms with Crippen molar-refractivity contribution in [2.45, 2.75) is 6.04 Å². The minimum atomic E-state index is -0.243. The van der Waals surface area contributed by atoms with Crippen molar-refractivity contribution < 1.29 is 9.13 Å². The van der Waals surface area contributed by atoms with Crippen LogP contribution in [0.15, 0.2) is 42.5 Å². The van der Waals surface area contributed by atoms with Crippen molar-refractivity contribution in [3.8, 4) is 5.75 Å². The van der Waals surface area contributed by atoms with Crippen LogP contribution in [0.25, 0.3) is 0 Å². The van der Waals surface area contributed by atoms with Crippen molar-refractivity contribution in [3.63, 3.8) is 0 Å². The molecule has 0 saturated carbocycles. The number of rotatable bonds is 4. The number of hydrogen-bond acceptors (Lipinski definition) is 2. The molecule has 0 aliphatic heterocycles. The predicted octanol–water partition coefficient (Wildman–Crippen LogP) is 3.80. The van der Waals surface area contributed by atoms with Crippen LogP contribution in [0.3, 0.4) is 0 Å². The van der Waals surface area contributed by atoms with E-state index in [9.17, 15) is 4.39 Å². The van der Waals surface area contributed by atoms with E-state index in [1.165, 1.54) is 6.07 Å². The van der Waals surface area contributed by atoms with Gasteiger partial charge in [0.05, 0.1) is 18.2 Å². The minimum Gasteiger partial charge on any atom is -0.495 e. The maximum Gasteiger partial charge on any atom is 0.137 e.